The van der Waals surface area contributed by atoms with Gasteiger partial charge in [-0.2, -0.15) is 0 Å². The van der Waals surface area contributed by atoms with Crippen molar-refractivity contribution in [2.24, 2.45) is 5.92 Å². The van der Waals surface area contributed by atoms with Crippen LogP contribution in [0.2, 0.25) is 0 Å². The molecule has 7 heteroatoms. The van der Waals surface area contributed by atoms with E-state index < -0.39 is 15.6 Å². The summed E-state index contributed by atoms with van der Waals surface area (Å²) in [6.45, 7) is 3.56. The second kappa shape index (κ2) is 5.03. The van der Waals surface area contributed by atoms with Crippen molar-refractivity contribution in [1.29, 1.82) is 0 Å². The molecule has 0 aromatic carbocycles. The van der Waals surface area contributed by atoms with Gasteiger partial charge in [0.2, 0.25) is 15.9 Å². The zero-order chi connectivity index (χ0) is 14.3. The summed E-state index contributed by atoms with van der Waals surface area (Å²) >= 11 is 0. The predicted octanol–water partition coefficient (Wildman–Crippen LogP) is -0.359. The highest BCUT2D eigenvalue weighted by Crippen LogP contribution is 2.26. The van der Waals surface area contributed by atoms with Crippen molar-refractivity contribution in [2.45, 2.75) is 31.8 Å². The summed E-state index contributed by atoms with van der Waals surface area (Å²) in [5.41, 5.74) is -0.775. The number of rotatable bonds is 2. The Morgan fingerprint density at radius 2 is 1.84 bits per heavy atom. The van der Waals surface area contributed by atoms with Crippen molar-refractivity contribution in [3.8, 4) is 0 Å². The molecule has 1 atom stereocenters. The molecule has 2 aliphatic heterocycles. The zero-order valence-electron chi connectivity index (χ0n) is 11.5. The molecule has 0 bridgehead atoms. The molecule has 2 aliphatic rings. The van der Waals surface area contributed by atoms with Gasteiger partial charge in [0.05, 0.1) is 11.9 Å². The van der Waals surface area contributed by atoms with E-state index in [0.29, 0.717) is 45.4 Å². The van der Waals surface area contributed by atoms with E-state index in [-0.39, 0.29) is 11.8 Å². The first-order valence-corrected chi connectivity index (χ1v) is 8.50. The number of nitrogens with zero attached hydrogens (tertiary/aromatic N) is 2. The Morgan fingerprint density at radius 3 is 2.26 bits per heavy atom. The van der Waals surface area contributed by atoms with Crippen LogP contribution >= 0.6 is 0 Å². The summed E-state index contributed by atoms with van der Waals surface area (Å²) in [7, 11) is -3.14. The fourth-order valence-electron chi connectivity index (χ4n) is 2.83. The highest BCUT2D eigenvalue weighted by molar-refractivity contribution is 7.88. The number of sulfonamides is 1. The molecule has 2 fully saturated rings. The number of likely N-dealkylation sites (tertiary alicyclic amines) is 1. The number of carbonyl (C=O) groups is 1. The van der Waals surface area contributed by atoms with E-state index in [1.807, 2.05) is 0 Å². The minimum Gasteiger partial charge on any atom is -0.388 e. The minimum absolute atomic E-state index is 0.0610. The van der Waals surface area contributed by atoms with Crippen LogP contribution in [0.3, 0.4) is 0 Å². The maximum Gasteiger partial charge on any atom is 0.225 e. The Balaban J connectivity index is 1.90. The van der Waals surface area contributed by atoms with Gasteiger partial charge in [0.15, 0.2) is 0 Å². The van der Waals surface area contributed by atoms with Gasteiger partial charge >= 0.3 is 0 Å². The van der Waals surface area contributed by atoms with Crippen molar-refractivity contribution in [1.82, 2.24) is 9.21 Å². The monoisotopic (exact) mass is 290 g/mol. The van der Waals surface area contributed by atoms with Gasteiger partial charge in [-0.05, 0) is 26.2 Å². The maximum absolute atomic E-state index is 12.3. The first kappa shape index (κ1) is 14.7. The Bertz CT molecular complexity index is 452. The summed E-state index contributed by atoms with van der Waals surface area (Å²) in [4.78, 5) is 14.0. The maximum atomic E-state index is 12.3. The first-order chi connectivity index (χ1) is 8.69. The average Bonchev–Trinajstić information content (AvgIpc) is 2.68. The van der Waals surface area contributed by atoms with Crippen LogP contribution < -0.4 is 0 Å². The van der Waals surface area contributed by atoms with Gasteiger partial charge in [0.1, 0.15) is 0 Å². The van der Waals surface area contributed by atoms with E-state index >= 15 is 0 Å². The summed E-state index contributed by atoms with van der Waals surface area (Å²) in [5.74, 6) is -0.0437. The first-order valence-electron chi connectivity index (χ1n) is 6.65. The molecule has 2 rings (SSSR count). The molecule has 1 unspecified atom stereocenters. The summed E-state index contributed by atoms with van der Waals surface area (Å²) < 4.78 is 24.2. The summed E-state index contributed by atoms with van der Waals surface area (Å²) in [6.07, 6.45) is 2.96. The number of piperidine rings is 1. The fourth-order valence-corrected chi connectivity index (χ4v) is 3.70. The second-order valence-corrected chi connectivity index (χ2v) is 7.93. The van der Waals surface area contributed by atoms with Crippen LogP contribution in [0.15, 0.2) is 0 Å². The molecule has 1 amide bonds. The fraction of sp³-hybridized carbons (Fsp3) is 0.917. The quantitative estimate of drug-likeness (QED) is 0.753. The molecule has 110 valence electrons. The lowest BCUT2D eigenvalue weighted by atomic mass is 9.96. The van der Waals surface area contributed by atoms with Crippen molar-refractivity contribution >= 4 is 15.9 Å². The molecule has 1 N–H and O–H groups in total. The molecule has 6 nitrogen and oxygen atoms in total. The van der Waals surface area contributed by atoms with E-state index in [0.717, 1.165) is 0 Å². The van der Waals surface area contributed by atoms with Crippen LogP contribution in [0, 0.1) is 5.92 Å². The summed E-state index contributed by atoms with van der Waals surface area (Å²) in [5, 5.41) is 9.88. The third-order valence-electron chi connectivity index (χ3n) is 4.04. The topological polar surface area (TPSA) is 77.9 Å². The normalized spacial score (nSPS) is 30.8. The molecule has 0 spiro atoms. The summed E-state index contributed by atoms with van der Waals surface area (Å²) in [6, 6.07) is 0. The largest absolute Gasteiger partial charge is 0.388 e. The van der Waals surface area contributed by atoms with Gasteiger partial charge in [-0.1, -0.05) is 0 Å². The van der Waals surface area contributed by atoms with Crippen LogP contribution in [0.1, 0.15) is 26.2 Å². The number of hydrogen-bond acceptors (Lipinski definition) is 4. The average molecular weight is 290 g/mol. The number of aliphatic hydroxyl groups is 1. The van der Waals surface area contributed by atoms with Gasteiger partial charge in [-0.3, -0.25) is 4.79 Å². The predicted molar refractivity (Wildman–Crippen MR) is 71.0 cm³/mol. The molecule has 0 aromatic rings. The number of carbonyl (C=O) groups excluding carboxylic acids is 1. The van der Waals surface area contributed by atoms with Crippen molar-refractivity contribution in [3.63, 3.8) is 0 Å². The van der Waals surface area contributed by atoms with Crippen LogP contribution in [-0.2, 0) is 14.8 Å². The molecular weight excluding hydrogens is 268 g/mol. The van der Waals surface area contributed by atoms with E-state index in [2.05, 4.69) is 0 Å². The molecule has 2 saturated heterocycles. The van der Waals surface area contributed by atoms with Crippen LogP contribution in [0.4, 0.5) is 0 Å². The number of hydrogen-bond donors (Lipinski definition) is 1. The highest BCUT2D eigenvalue weighted by Gasteiger charge is 2.38. The number of β-amino-alcohol motifs (C(OH)–C–C–N with tert-alkyl or cyclic N) is 1. The minimum atomic E-state index is -3.14. The van der Waals surface area contributed by atoms with E-state index in [4.69, 9.17) is 0 Å². The van der Waals surface area contributed by atoms with E-state index in [9.17, 15) is 18.3 Å². The highest BCUT2D eigenvalue weighted by atomic mass is 32.2. The van der Waals surface area contributed by atoms with Crippen LogP contribution in [-0.4, -0.2) is 66.7 Å². The molecule has 0 radical (unpaired) electrons. The lowest BCUT2D eigenvalue weighted by Gasteiger charge is -2.32. The molecule has 0 aliphatic carbocycles. The molecule has 0 aromatic heterocycles. The van der Waals surface area contributed by atoms with E-state index in [1.54, 1.807) is 11.8 Å². The third kappa shape index (κ3) is 3.46. The molecule has 19 heavy (non-hydrogen) atoms. The van der Waals surface area contributed by atoms with Gasteiger partial charge in [0.25, 0.3) is 0 Å². The second-order valence-electron chi connectivity index (χ2n) is 5.94. The van der Waals surface area contributed by atoms with Gasteiger partial charge in [-0.15, -0.1) is 0 Å². The Hall–Kier alpha value is -0.660. The van der Waals surface area contributed by atoms with Gasteiger partial charge in [0, 0.05) is 32.1 Å². The van der Waals surface area contributed by atoms with E-state index in [1.165, 1.54) is 10.6 Å². The zero-order valence-corrected chi connectivity index (χ0v) is 12.3. The van der Waals surface area contributed by atoms with Crippen molar-refractivity contribution < 1.29 is 18.3 Å². The smallest absolute Gasteiger partial charge is 0.225 e. The third-order valence-corrected chi connectivity index (χ3v) is 5.34. The standard InChI is InChI=1S/C12H22N2O4S/c1-12(16)5-8-13(9-12)11(15)10-3-6-14(7-4-10)19(2,17)18/h10,16H,3-9H2,1-2H3. The SMILES string of the molecule is CC1(O)CCN(C(=O)C2CCN(S(C)(=O)=O)CC2)C1. The number of amides is 1. The lowest BCUT2D eigenvalue weighted by Crippen LogP contribution is -2.44. The van der Waals surface area contributed by atoms with Crippen LogP contribution in [0.25, 0.3) is 0 Å². The van der Waals surface area contributed by atoms with Gasteiger partial charge < -0.3 is 10.0 Å². The Morgan fingerprint density at radius 1 is 1.26 bits per heavy atom. The van der Waals surface area contributed by atoms with Crippen molar-refractivity contribution in [2.75, 3.05) is 32.4 Å². The molecule has 0 saturated carbocycles. The molecular formula is C12H22N2O4S. The van der Waals surface area contributed by atoms with Crippen molar-refractivity contribution in [3.05, 3.63) is 0 Å². The van der Waals surface area contributed by atoms with Gasteiger partial charge in [-0.25, -0.2) is 12.7 Å². The van der Waals surface area contributed by atoms with Crippen LogP contribution in [0.5, 0.6) is 0 Å². The Labute approximate surface area is 114 Å². The Kier molecular flexibility index (Phi) is 3.90. The molecule has 2 heterocycles. The lowest BCUT2D eigenvalue weighted by molar-refractivity contribution is -0.136.